The van der Waals surface area contributed by atoms with Crippen LogP contribution >= 0.6 is 0 Å². The molecule has 0 atom stereocenters. The van der Waals surface area contributed by atoms with E-state index < -0.39 is 0 Å². The van der Waals surface area contributed by atoms with Crippen LogP contribution in [-0.2, 0) is 6.42 Å². The van der Waals surface area contributed by atoms with Crippen LogP contribution < -0.4 is 5.32 Å². The minimum atomic E-state index is 0.219. The molecule has 0 bridgehead atoms. The Hall–Kier alpha value is -1.51. The van der Waals surface area contributed by atoms with E-state index in [1.165, 1.54) is 30.5 Å². The number of carbonyl (C=O) groups excluding carboxylic acids is 1. The van der Waals surface area contributed by atoms with Crippen molar-refractivity contribution in [2.75, 3.05) is 25.0 Å². The van der Waals surface area contributed by atoms with Gasteiger partial charge in [-0.15, -0.1) is 0 Å². The van der Waals surface area contributed by atoms with Crippen LogP contribution in [0, 0.1) is 0 Å². The van der Waals surface area contributed by atoms with Gasteiger partial charge < -0.3 is 10.2 Å². The predicted molar refractivity (Wildman–Crippen MR) is 77.6 cm³/mol. The summed E-state index contributed by atoms with van der Waals surface area (Å²) in [5.74, 6) is 0.219. The molecule has 0 radical (unpaired) electrons. The third kappa shape index (κ3) is 2.75. The first-order valence-electron chi connectivity index (χ1n) is 7.51. The highest BCUT2D eigenvalue weighted by Crippen LogP contribution is 2.24. The van der Waals surface area contributed by atoms with Gasteiger partial charge in [-0.3, -0.25) is 4.79 Å². The van der Waals surface area contributed by atoms with Gasteiger partial charge in [0.1, 0.15) is 0 Å². The molecular formula is C16H22N2O. The van der Waals surface area contributed by atoms with Crippen molar-refractivity contribution in [3.63, 3.8) is 0 Å². The van der Waals surface area contributed by atoms with Crippen molar-refractivity contribution in [3.05, 3.63) is 29.3 Å². The molecule has 3 heteroatoms. The molecule has 0 spiro atoms. The average Bonchev–Trinajstić information content (AvgIpc) is 2.84. The number of rotatable bonds is 1. The van der Waals surface area contributed by atoms with Gasteiger partial charge in [0.05, 0.1) is 0 Å². The Balaban J connectivity index is 1.75. The van der Waals surface area contributed by atoms with Crippen LogP contribution in [0.2, 0.25) is 0 Å². The molecule has 1 saturated heterocycles. The van der Waals surface area contributed by atoms with Crippen molar-refractivity contribution in [1.82, 2.24) is 4.90 Å². The smallest absolute Gasteiger partial charge is 0.253 e. The summed E-state index contributed by atoms with van der Waals surface area (Å²) >= 11 is 0. The number of hydrogen-bond acceptors (Lipinski definition) is 2. The zero-order valence-electron chi connectivity index (χ0n) is 11.5. The van der Waals surface area contributed by atoms with Crippen molar-refractivity contribution in [2.24, 2.45) is 0 Å². The monoisotopic (exact) mass is 258 g/mol. The standard InChI is InChI=1S/C16H22N2O/c19-16(18-10-4-2-1-3-5-11-18)14-6-7-15-13(12-14)8-9-17-15/h6-7,12,17H,1-5,8-11H2. The number of nitrogens with zero attached hydrogens (tertiary/aromatic N) is 1. The summed E-state index contributed by atoms with van der Waals surface area (Å²) in [6, 6.07) is 6.11. The summed E-state index contributed by atoms with van der Waals surface area (Å²) in [6.07, 6.45) is 7.19. The number of carbonyl (C=O) groups is 1. The molecule has 1 aromatic rings. The molecule has 3 rings (SSSR count). The molecule has 2 aliphatic rings. The van der Waals surface area contributed by atoms with E-state index in [0.717, 1.165) is 44.5 Å². The van der Waals surface area contributed by atoms with E-state index in [-0.39, 0.29) is 5.91 Å². The molecule has 1 amide bonds. The van der Waals surface area contributed by atoms with Crippen LogP contribution in [0.5, 0.6) is 0 Å². The van der Waals surface area contributed by atoms with Gasteiger partial charge in [-0.2, -0.15) is 0 Å². The van der Waals surface area contributed by atoms with E-state index >= 15 is 0 Å². The Bertz CT molecular complexity index is 462. The highest BCUT2D eigenvalue weighted by molar-refractivity contribution is 5.95. The van der Waals surface area contributed by atoms with Gasteiger partial charge in [0.2, 0.25) is 0 Å². The molecule has 0 aliphatic carbocycles. The molecule has 3 nitrogen and oxygen atoms in total. The zero-order chi connectivity index (χ0) is 13.1. The quantitative estimate of drug-likeness (QED) is 0.839. The van der Waals surface area contributed by atoms with Crippen LogP contribution in [0.25, 0.3) is 0 Å². The second-order valence-corrected chi connectivity index (χ2v) is 5.61. The third-order valence-corrected chi connectivity index (χ3v) is 4.21. The minimum Gasteiger partial charge on any atom is -0.384 e. The van der Waals surface area contributed by atoms with Crippen LogP contribution in [0.3, 0.4) is 0 Å². The van der Waals surface area contributed by atoms with Gasteiger partial charge in [0.15, 0.2) is 0 Å². The van der Waals surface area contributed by atoms with E-state index in [9.17, 15) is 4.79 Å². The fourth-order valence-electron chi connectivity index (χ4n) is 3.07. The Morgan fingerprint density at radius 1 is 1.05 bits per heavy atom. The fraction of sp³-hybridized carbons (Fsp3) is 0.562. The zero-order valence-corrected chi connectivity index (χ0v) is 11.5. The number of anilines is 1. The topological polar surface area (TPSA) is 32.3 Å². The number of hydrogen-bond donors (Lipinski definition) is 1. The molecule has 1 fully saturated rings. The summed E-state index contributed by atoms with van der Waals surface area (Å²) < 4.78 is 0. The average molecular weight is 258 g/mol. The summed E-state index contributed by atoms with van der Waals surface area (Å²) in [6.45, 7) is 2.85. The van der Waals surface area contributed by atoms with Crippen LogP contribution in [0.1, 0.15) is 48.0 Å². The first kappa shape index (κ1) is 12.5. The SMILES string of the molecule is O=C(c1ccc2c(c1)CCN2)N1CCCCCCC1. The number of benzene rings is 1. The Morgan fingerprint density at radius 3 is 2.58 bits per heavy atom. The second kappa shape index (κ2) is 5.64. The molecule has 2 heterocycles. The van der Waals surface area contributed by atoms with Crippen molar-refractivity contribution in [3.8, 4) is 0 Å². The Kier molecular flexibility index (Phi) is 3.72. The fourth-order valence-corrected chi connectivity index (χ4v) is 3.07. The summed E-state index contributed by atoms with van der Waals surface area (Å²) in [7, 11) is 0. The van der Waals surface area contributed by atoms with Gasteiger partial charge in [0, 0.05) is 30.9 Å². The highest BCUT2D eigenvalue weighted by Gasteiger charge is 2.19. The molecule has 2 aliphatic heterocycles. The lowest BCUT2D eigenvalue weighted by Crippen LogP contribution is -2.33. The highest BCUT2D eigenvalue weighted by atomic mass is 16.2. The normalized spacial score (nSPS) is 19.3. The first-order valence-corrected chi connectivity index (χ1v) is 7.51. The molecule has 1 N–H and O–H groups in total. The van der Waals surface area contributed by atoms with E-state index in [4.69, 9.17) is 0 Å². The van der Waals surface area contributed by atoms with Crippen LogP contribution in [-0.4, -0.2) is 30.4 Å². The van der Waals surface area contributed by atoms with Crippen LogP contribution in [0.15, 0.2) is 18.2 Å². The predicted octanol–water partition coefficient (Wildman–Crippen LogP) is 3.06. The van der Waals surface area contributed by atoms with Gasteiger partial charge in [-0.25, -0.2) is 0 Å². The van der Waals surface area contributed by atoms with E-state index in [2.05, 4.69) is 17.4 Å². The third-order valence-electron chi connectivity index (χ3n) is 4.21. The molecule has 1 aromatic carbocycles. The molecule has 0 aromatic heterocycles. The van der Waals surface area contributed by atoms with E-state index in [1.807, 2.05) is 11.0 Å². The van der Waals surface area contributed by atoms with Gasteiger partial charge >= 0.3 is 0 Å². The summed E-state index contributed by atoms with van der Waals surface area (Å²) in [4.78, 5) is 14.6. The van der Waals surface area contributed by atoms with Crippen molar-refractivity contribution >= 4 is 11.6 Å². The van der Waals surface area contributed by atoms with Crippen LogP contribution in [0.4, 0.5) is 5.69 Å². The first-order chi connectivity index (χ1) is 9.34. The van der Waals surface area contributed by atoms with E-state index in [1.54, 1.807) is 0 Å². The Morgan fingerprint density at radius 2 is 1.79 bits per heavy atom. The molecule has 0 unspecified atom stereocenters. The van der Waals surface area contributed by atoms with Gasteiger partial charge in [-0.05, 0) is 43.0 Å². The van der Waals surface area contributed by atoms with Crippen molar-refractivity contribution < 1.29 is 4.79 Å². The number of amides is 1. The summed E-state index contributed by atoms with van der Waals surface area (Å²) in [5, 5.41) is 3.34. The molecule has 0 saturated carbocycles. The lowest BCUT2D eigenvalue weighted by atomic mass is 10.1. The lowest BCUT2D eigenvalue weighted by Gasteiger charge is -2.25. The lowest BCUT2D eigenvalue weighted by molar-refractivity contribution is 0.0742. The van der Waals surface area contributed by atoms with Crippen molar-refractivity contribution in [2.45, 2.75) is 38.5 Å². The van der Waals surface area contributed by atoms with Gasteiger partial charge in [0.25, 0.3) is 5.91 Å². The molecule has 19 heavy (non-hydrogen) atoms. The number of fused-ring (bicyclic) bond motifs is 1. The second-order valence-electron chi connectivity index (χ2n) is 5.61. The molecular weight excluding hydrogens is 236 g/mol. The number of nitrogens with one attached hydrogen (secondary N) is 1. The summed E-state index contributed by atoms with van der Waals surface area (Å²) in [5.41, 5.74) is 3.35. The van der Waals surface area contributed by atoms with E-state index in [0.29, 0.717) is 0 Å². The Labute approximate surface area is 115 Å². The maximum absolute atomic E-state index is 12.6. The van der Waals surface area contributed by atoms with Gasteiger partial charge in [-0.1, -0.05) is 19.3 Å². The number of likely N-dealkylation sites (tertiary alicyclic amines) is 1. The minimum absolute atomic E-state index is 0.219. The maximum Gasteiger partial charge on any atom is 0.253 e. The largest absolute Gasteiger partial charge is 0.384 e. The molecule has 102 valence electrons. The van der Waals surface area contributed by atoms with Crippen molar-refractivity contribution in [1.29, 1.82) is 0 Å². The maximum atomic E-state index is 12.6.